The summed E-state index contributed by atoms with van der Waals surface area (Å²) in [5.74, 6) is 0.697. The van der Waals surface area contributed by atoms with E-state index in [1.165, 1.54) is 38.4 Å². The molecule has 0 saturated heterocycles. The molecule has 0 aliphatic heterocycles. The Balaban J connectivity index is 1.79. The number of ether oxygens (including phenoxy) is 1. The van der Waals surface area contributed by atoms with Gasteiger partial charge in [0.2, 0.25) is 21.7 Å². The van der Waals surface area contributed by atoms with Crippen molar-refractivity contribution in [2.75, 3.05) is 26.0 Å². The maximum absolute atomic E-state index is 12.6. The fourth-order valence-electron chi connectivity index (χ4n) is 2.67. The van der Waals surface area contributed by atoms with Crippen LogP contribution in [0.3, 0.4) is 0 Å². The van der Waals surface area contributed by atoms with Gasteiger partial charge in [0.05, 0.1) is 18.1 Å². The van der Waals surface area contributed by atoms with E-state index in [-0.39, 0.29) is 34.6 Å². The number of nitro groups is 1. The SMILES string of the molecule is CCOc1ccc(NCc2nc(-c3cccc([N+](=O)[O-])c3)no2)cc1S(=O)(=O)N(C)C. The molecule has 1 N–H and O–H groups in total. The molecule has 0 atom stereocenters. The predicted octanol–water partition coefficient (Wildman–Crippen LogP) is 2.91. The van der Waals surface area contributed by atoms with Crippen molar-refractivity contribution in [3.05, 3.63) is 58.5 Å². The van der Waals surface area contributed by atoms with E-state index >= 15 is 0 Å². The lowest BCUT2D eigenvalue weighted by atomic mass is 10.2. The number of nitro benzene ring substituents is 1. The van der Waals surface area contributed by atoms with E-state index in [0.29, 0.717) is 17.9 Å². The number of benzene rings is 2. The van der Waals surface area contributed by atoms with Crippen molar-refractivity contribution < 1.29 is 22.6 Å². The first-order chi connectivity index (χ1) is 14.7. The lowest BCUT2D eigenvalue weighted by Gasteiger charge is -2.16. The number of nitrogens with one attached hydrogen (secondary N) is 1. The van der Waals surface area contributed by atoms with E-state index < -0.39 is 14.9 Å². The molecule has 3 rings (SSSR count). The number of aromatic nitrogens is 2. The molecule has 11 nitrogen and oxygen atoms in total. The summed E-state index contributed by atoms with van der Waals surface area (Å²) in [5.41, 5.74) is 0.884. The molecule has 0 amide bonds. The first-order valence-electron chi connectivity index (χ1n) is 9.23. The molecular weight excluding hydrogens is 426 g/mol. The van der Waals surface area contributed by atoms with Gasteiger partial charge < -0.3 is 14.6 Å². The van der Waals surface area contributed by atoms with Gasteiger partial charge >= 0.3 is 0 Å². The third-order valence-corrected chi connectivity index (χ3v) is 6.07. The van der Waals surface area contributed by atoms with Gasteiger partial charge in [0.25, 0.3) is 5.69 Å². The van der Waals surface area contributed by atoms with Crippen molar-refractivity contribution in [1.82, 2.24) is 14.4 Å². The topological polar surface area (TPSA) is 141 Å². The number of anilines is 1. The van der Waals surface area contributed by atoms with Crippen LogP contribution in [-0.4, -0.2) is 48.5 Å². The third kappa shape index (κ3) is 4.98. The quantitative estimate of drug-likeness (QED) is 0.387. The number of nitrogens with zero attached hydrogens (tertiary/aromatic N) is 4. The molecule has 0 radical (unpaired) electrons. The minimum atomic E-state index is -3.72. The second-order valence-corrected chi connectivity index (χ2v) is 8.67. The van der Waals surface area contributed by atoms with Gasteiger partial charge in [0.1, 0.15) is 10.6 Å². The molecule has 2 aromatic carbocycles. The van der Waals surface area contributed by atoms with Crippen molar-refractivity contribution in [3.63, 3.8) is 0 Å². The van der Waals surface area contributed by atoms with Crippen LogP contribution in [0.4, 0.5) is 11.4 Å². The first-order valence-corrected chi connectivity index (χ1v) is 10.7. The highest BCUT2D eigenvalue weighted by Crippen LogP contribution is 2.29. The van der Waals surface area contributed by atoms with Crippen LogP contribution in [-0.2, 0) is 16.6 Å². The smallest absolute Gasteiger partial charge is 0.270 e. The summed E-state index contributed by atoms with van der Waals surface area (Å²) in [6.07, 6.45) is 0. The molecule has 0 spiro atoms. The highest BCUT2D eigenvalue weighted by molar-refractivity contribution is 7.89. The Bertz CT molecular complexity index is 1190. The molecule has 31 heavy (non-hydrogen) atoms. The van der Waals surface area contributed by atoms with Crippen LogP contribution in [0.5, 0.6) is 5.75 Å². The number of hydrogen-bond acceptors (Lipinski definition) is 9. The molecule has 1 aromatic heterocycles. The van der Waals surface area contributed by atoms with Gasteiger partial charge in [-0.2, -0.15) is 4.98 Å². The van der Waals surface area contributed by atoms with Gasteiger partial charge in [-0.3, -0.25) is 10.1 Å². The number of rotatable bonds is 9. The number of non-ortho nitro benzene ring substituents is 1. The third-order valence-electron chi connectivity index (χ3n) is 4.23. The summed E-state index contributed by atoms with van der Waals surface area (Å²) in [4.78, 5) is 14.7. The summed E-state index contributed by atoms with van der Waals surface area (Å²) in [6, 6.07) is 10.6. The van der Waals surface area contributed by atoms with Crippen molar-refractivity contribution in [2.45, 2.75) is 18.4 Å². The van der Waals surface area contributed by atoms with Gasteiger partial charge in [0.15, 0.2) is 0 Å². The molecule has 3 aromatic rings. The van der Waals surface area contributed by atoms with E-state index in [0.717, 1.165) is 4.31 Å². The Hall–Kier alpha value is -3.51. The van der Waals surface area contributed by atoms with Gasteiger partial charge in [-0.05, 0) is 25.1 Å². The normalized spacial score (nSPS) is 11.5. The van der Waals surface area contributed by atoms with E-state index in [4.69, 9.17) is 9.26 Å². The summed E-state index contributed by atoms with van der Waals surface area (Å²) < 4.78 is 37.0. The molecule has 0 aliphatic carbocycles. The fourth-order valence-corrected chi connectivity index (χ4v) is 3.72. The zero-order valence-corrected chi connectivity index (χ0v) is 17.9. The van der Waals surface area contributed by atoms with Crippen molar-refractivity contribution in [1.29, 1.82) is 0 Å². The van der Waals surface area contributed by atoms with Crippen LogP contribution < -0.4 is 10.1 Å². The van der Waals surface area contributed by atoms with Crippen LogP contribution in [0.1, 0.15) is 12.8 Å². The van der Waals surface area contributed by atoms with E-state index in [2.05, 4.69) is 15.5 Å². The predicted molar refractivity (Wildman–Crippen MR) is 112 cm³/mol. The van der Waals surface area contributed by atoms with Crippen LogP contribution in [0.2, 0.25) is 0 Å². The van der Waals surface area contributed by atoms with Crippen molar-refractivity contribution >= 4 is 21.4 Å². The summed E-state index contributed by atoms with van der Waals surface area (Å²) in [6.45, 7) is 2.22. The first kappa shape index (κ1) is 22.2. The summed E-state index contributed by atoms with van der Waals surface area (Å²) in [7, 11) is -0.829. The molecule has 0 saturated carbocycles. The van der Waals surface area contributed by atoms with Crippen LogP contribution in [0, 0.1) is 10.1 Å². The van der Waals surface area contributed by atoms with Gasteiger partial charge in [0, 0.05) is 37.5 Å². The lowest BCUT2D eigenvalue weighted by Crippen LogP contribution is -2.23. The van der Waals surface area contributed by atoms with Gasteiger partial charge in [-0.15, -0.1) is 0 Å². The molecule has 0 bridgehead atoms. The minimum absolute atomic E-state index is 0.0344. The Labute approximate surface area is 178 Å². The Morgan fingerprint density at radius 2 is 2.00 bits per heavy atom. The minimum Gasteiger partial charge on any atom is -0.492 e. The molecule has 0 aliphatic rings. The fraction of sp³-hybridized carbons (Fsp3) is 0.263. The summed E-state index contributed by atoms with van der Waals surface area (Å²) >= 11 is 0. The largest absolute Gasteiger partial charge is 0.492 e. The van der Waals surface area contributed by atoms with E-state index in [9.17, 15) is 18.5 Å². The van der Waals surface area contributed by atoms with Gasteiger partial charge in [-0.25, -0.2) is 12.7 Å². The molecule has 0 fully saturated rings. The van der Waals surface area contributed by atoms with Crippen LogP contribution in [0.25, 0.3) is 11.4 Å². The highest BCUT2D eigenvalue weighted by atomic mass is 32.2. The average Bonchev–Trinajstić information content (AvgIpc) is 3.22. The molecule has 0 unspecified atom stereocenters. The van der Waals surface area contributed by atoms with Crippen LogP contribution in [0.15, 0.2) is 51.9 Å². The standard InChI is InChI=1S/C19H21N5O6S/c1-4-29-16-9-8-14(11-17(16)31(27,28)23(2)3)20-12-18-21-19(22-30-18)13-6-5-7-15(10-13)24(25)26/h5-11,20H,4,12H2,1-3H3. The second-order valence-electron chi connectivity index (χ2n) is 6.55. The Morgan fingerprint density at radius 3 is 2.68 bits per heavy atom. The maximum atomic E-state index is 12.6. The van der Waals surface area contributed by atoms with Crippen molar-refractivity contribution in [3.8, 4) is 17.1 Å². The Morgan fingerprint density at radius 1 is 1.23 bits per heavy atom. The number of hydrogen-bond donors (Lipinski definition) is 1. The molecule has 164 valence electrons. The Kier molecular flexibility index (Phi) is 6.51. The molecule has 12 heteroatoms. The zero-order chi connectivity index (χ0) is 22.6. The highest BCUT2D eigenvalue weighted by Gasteiger charge is 2.23. The zero-order valence-electron chi connectivity index (χ0n) is 17.1. The summed E-state index contributed by atoms with van der Waals surface area (Å²) in [5, 5.41) is 17.8. The lowest BCUT2D eigenvalue weighted by molar-refractivity contribution is -0.384. The molecule has 1 heterocycles. The monoisotopic (exact) mass is 447 g/mol. The average molecular weight is 447 g/mol. The van der Waals surface area contributed by atoms with E-state index in [1.54, 1.807) is 25.1 Å². The number of sulfonamides is 1. The maximum Gasteiger partial charge on any atom is 0.270 e. The van der Waals surface area contributed by atoms with Crippen molar-refractivity contribution in [2.24, 2.45) is 0 Å². The van der Waals surface area contributed by atoms with Crippen LogP contribution >= 0.6 is 0 Å². The second kappa shape index (κ2) is 9.10. The molecular formula is C19H21N5O6S. The van der Waals surface area contributed by atoms with E-state index in [1.807, 2.05) is 0 Å². The van der Waals surface area contributed by atoms with Gasteiger partial charge in [-0.1, -0.05) is 17.3 Å².